The van der Waals surface area contributed by atoms with E-state index in [0.717, 1.165) is 60.9 Å². The molecule has 3 aromatic heterocycles. The van der Waals surface area contributed by atoms with Crippen molar-refractivity contribution in [2.24, 2.45) is 0 Å². The van der Waals surface area contributed by atoms with E-state index in [1.165, 1.54) is 44.0 Å². The summed E-state index contributed by atoms with van der Waals surface area (Å²) in [5, 5.41) is 9.33. The predicted octanol–water partition coefficient (Wildman–Crippen LogP) is 4.18. The van der Waals surface area contributed by atoms with Crippen LogP contribution in [0, 0.1) is 0 Å². The molecule has 2 aliphatic rings. The summed E-state index contributed by atoms with van der Waals surface area (Å²) in [5.74, 6) is 0.483. The molecule has 0 spiro atoms. The molecule has 1 aromatic carbocycles. The highest BCUT2D eigenvalue weighted by Crippen LogP contribution is 2.38. The van der Waals surface area contributed by atoms with Gasteiger partial charge in [-0.3, -0.25) is 9.58 Å². The van der Waals surface area contributed by atoms with E-state index in [4.69, 9.17) is 15.6 Å². The summed E-state index contributed by atoms with van der Waals surface area (Å²) in [5.41, 5.74) is 12.8. The molecule has 4 aromatic rings. The van der Waals surface area contributed by atoms with E-state index in [2.05, 4.69) is 56.1 Å². The van der Waals surface area contributed by atoms with Crippen molar-refractivity contribution >= 4 is 11.3 Å². The summed E-state index contributed by atoms with van der Waals surface area (Å²) in [7, 11) is 0. The maximum absolute atomic E-state index is 6.42. The Balaban J connectivity index is 1.42. The van der Waals surface area contributed by atoms with Gasteiger partial charge in [-0.15, -0.1) is 0 Å². The molecule has 0 unspecified atom stereocenters. The Morgan fingerprint density at radius 2 is 1.82 bits per heavy atom. The van der Waals surface area contributed by atoms with E-state index in [-0.39, 0.29) is 0 Å². The number of nitrogen functional groups attached to an aromatic ring is 1. The molecule has 8 heteroatoms. The average molecular weight is 458 g/mol. The summed E-state index contributed by atoms with van der Waals surface area (Å²) in [4.78, 5) is 6.76. The lowest BCUT2D eigenvalue weighted by Crippen LogP contribution is -2.35. The zero-order valence-electron chi connectivity index (χ0n) is 19.4. The van der Waals surface area contributed by atoms with Crippen molar-refractivity contribution < 1.29 is 4.74 Å². The number of nitrogens with zero attached hydrogens (tertiary/aromatic N) is 6. The van der Waals surface area contributed by atoms with Crippen LogP contribution in [0.15, 0.2) is 48.9 Å². The smallest absolute Gasteiger partial charge is 0.152 e. The number of hydrogen-bond donors (Lipinski definition) is 1. The molecule has 0 atom stereocenters. The van der Waals surface area contributed by atoms with Crippen LogP contribution in [0.2, 0.25) is 0 Å². The highest BCUT2D eigenvalue weighted by Gasteiger charge is 2.23. The zero-order chi connectivity index (χ0) is 22.9. The van der Waals surface area contributed by atoms with Crippen molar-refractivity contribution in [1.29, 1.82) is 0 Å². The topological polar surface area (TPSA) is 86.5 Å². The zero-order valence-corrected chi connectivity index (χ0v) is 19.4. The number of benzene rings is 1. The Labute approximate surface area is 199 Å². The molecular weight excluding hydrogens is 426 g/mol. The minimum Gasteiger partial charge on any atom is -0.382 e. The van der Waals surface area contributed by atoms with Gasteiger partial charge in [0.25, 0.3) is 0 Å². The lowest BCUT2D eigenvalue weighted by Gasteiger charge is -2.26. The van der Waals surface area contributed by atoms with Crippen molar-refractivity contribution in [3.63, 3.8) is 0 Å². The first-order valence-electron chi connectivity index (χ1n) is 12.3. The summed E-state index contributed by atoms with van der Waals surface area (Å²) in [6.07, 6.45) is 9.60. The summed E-state index contributed by atoms with van der Waals surface area (Å²) in [6.45, 7) is 4.46. The minimum atomic E-state index is 0.430. The Kier molecular flexibility index (Phi) is 5.76. The van der Waals surface area contributed by atoms with Crippen LogP contribution in [0.5, 0.6) is 0 Å². The van der Waals surface area contributed by atoms with Gasteiger partial charge < -0.3 is 10.5 Å². The summed E-state index contributed by atoms with van der Waals surface area (Å²) >= 11 is 0. The van der Waals surface area contributed by atoms with Crippen LogP contribution in [-0.4, -0.2) is 55.6 Å². The molecule has 2 fully saturated rings. The molecule has 6 rings (SSSR count). The third kappa shape index (κ3) is 3.97. The van der Waals surface area contributed by atoms with Crippen molar-refractivity contribution in [2.75, 3.05) is 32.0 Å². The van der Waals surface area contributed by atoms with Crippen LogP contribution in [0.3, 0.4) is 0 Å². The van der Waals surface area contributed by atoms with Gasteiger partial charge in [0, 0.05) is 37.0 Å². The monoisotopic (exact) mass is 457 g/mol. The lowest BCUT2D eigenvalue weighted by molar-refractivity contribution is 0.0342. The minimum absolute atomic E-state index is 0.430. The molecule has 1 saturated heterocycles. The van der Waals surface area contributed by atoms with E-state index >= 15 is 0 Å². The van der Waals surface area contributed by atoms with Gasteiger partial charge >= 0.3 is 0 Å². The molecule has 8 nitrogen and oxygen atoms in total. The van der Waals surface area contributed by atoms with Crippen LogP contribution in [0.4, 0.5) is 5.82 Å². The molecule has 2 N–H and O–H groups in total. The SMILES string of the molecule is Nc1ncnn2c(-c3cccc(CN4CCOCC4)c3)cc(-c3ccnn3C3CCCCC3)c12. The Morgan fingerprint density at radius 3 is 2.68 bits per heavy atom. The largest absolute Gasteiger partial charge is 0.382 e. The quantitative estimate of drug-likeness (QED) is 0.484. The fourth-order valence-corrected chi connectivity index (χ4v) is 5.46. The van der Waals surface area contributed by atoms with E-state index in [1.54, 1.807) is 0 Å². The van der Waals surface area contributed by atoms with Crippen molar-refractivity contribution in [3.05, 3.63) is 54.5 Å². The number of aromatic nitrogens is 5. The normalized spacial score (nSPS) is 18.0. The van der Waals surface area contributed by atoms with Gasteiger partial charge in [-0.1, -0.05) is 37.5 Å². The first kappa shape index (κ1) is 21.3. The standard InChI is InChI=1S/C26H31N7O/c27-26-25-22(23-9-10-29-32(23)21-7-2-1-3-8-21)16-24(33(25)30-18-28-26)20-6-4-5-19(15-20)17-31-11-13-34-14-12-31/h4-6,9-10,15-16,18,21H,1-3,7-8,11-14,17H2,(H2,27,28,30). The van der Waals surface area contributed by atoms with Gasteiger partial charge in [0.05, 0.1) is 30.6 Å². The third-order valence-electron chi connectivity index (χ3n) is 7.18. The fourth-order valence-electron chi connectivity index (χ4n) is 5.46. The molecule has 4 heterocycles. The van der Waals surface area contributed by atoms with E-state index in [1.807, 2.05) is 10.7 Å². The van der Waals surface area contributed by atoms with Crippen molar-refractivity contribution in [2.45, 2.75) is 44.7 Å². The van der Waals surface area contributed by atoms with Crippen LogP contribution in [0.25, 0.3) is 28.0 Å². The molecule has 1 saturated carbocycles. The molecule has 0 amide bonds. The number of fused-ring (bicyclic) bond motifs is 1. The molecule has 34 heavy (non-hydrogen) atoms. The third-order valence-corrected chi connectivity index (χ3v) is 7.18. The van der Waals surface area contributed by atoms with Gasteiger partial charge in [-0.05, 0) is 36.6 Å². The van der Waals surface area contributed by atoms with Gasteiger partial charge in [-0.2, -0.15) is 10.2 Å². The van der Waals surface area contributed by atoms with Gasteiger partial charge in [0.15, 0.2) is 5.82 Å². The van der Waals surface area contributed by atoms with Crippen molar-refractivity contribution in [1.82, 2.24) is 29.3 Å². The number of morpholine rings is 1. The Hall–Kier alpha value is -3.23. The fraction of sp³-hybridized carbons (Fsp3) is 0.423. The highest BCUT2D eigenvalue weighted by atomic mass is 16.5. The lowest BCUT2D eigenvalue weighted by atomic mass is 9.95. The van der Waals surface area contributed by atoms with Gasteiger partial charge in [0.1, 0.15) is 11.8 Å². The summed E-state index contributed by atoms with van der Waals surface area (Å²) < 4.78 is 9.63. The number of ether oxygens (including phenoxy) is 1. The van der Waals surface area contributed by atoms with Crippen molar-refractivity contribution in [3.8, 4) is 22.5 Å². The molecule has 0 bridgehead atoms. The molecular formula is C26H31N7O. The summed E-state index contributed by atoms with van der Waals surface area (Å²) in [6, 6.07) is 13.4. The number of nitrogens with two attached hydrogens (primary N) is 1. The Bertz CT molecular complexity index is 1280. The first-order chi connectivity index (χ1) is 16.8. The van der Waals surface area contributed by atoms with Gasteiger partial charge in [0.2, 0.25) is 0 Å². The average Bonchev–Trinajstić information content (AvgIpc) is 3.51. The maximum Gasteiger partial charge on any atom is 0.152 e. The maximum atomic E-state index is 6.42. The van der Waals surface area contributed by atoms with Crippen LogP contribution >= 0.6 is 0 Å². The second-order valence-electron chi connectivity index (χ2n) is 9.39. The van der Waals surface area contributed by atoms with E-state index in [9.17, 15) is 0 Å². The van der Waals surface area contributed by atoms with Crippen LogP contribution in [-0.2, 0) is 11.3 Å². The second-order valence-corrected chi connectivity index (χ2v) is 9.39. The van der Waals surface area contributed by atoms with E-state index < -0.39 is 0 Å². The number of hydrogen-bond acceptors (Lipinski definition) is 6. The molecule has 176 valence electrons. The number of rotatable bonds is 5. The molecule has 1 aliphatic carbocycles. The van der Waals surface area contributed by atoms with E-state index in [0.29, 0.717) is 11.9 Å². The highest BCUT2D eigenvalue weighted by molar-refractivity contribution is 5.90. The molecule has 0 radical (unpaired) electrons. The second kappa shape index (κ2) is 9.19. The Morgan fingerprint density at radius 1 is 0.971 bits per heavy atom. The number of anilines is 1. The molecule has 1 aliphatic heterocycles. The first-order valence-corrected chi connectivity index (χ1v) is 12.3. The van der Waals surface area contributed by atoms with Gasteiger partial charge in [-0.25, -0.2) is 9.50 Å². The van der Waals surface area contributed by atoms with Crippen LogP contribution < -0.4 is 5.73 Å². The predicted molar refractivity (Wildman–Crippen MR) is 132 cm³/mol. The van der Waals surface area contributed by atoms with Crippen LogP contribution in [0.1, 0.15) is 43.7 Å².